The molecular weight excluding hydrogens is 379 g/mol. The summed E-state index contributed by atoms with van der Waals surface area (Å²) in [4.78, 5) is 27.7. The maximum Gasteiger partial charge on any atom is 0.411 e. The van der Waals surface area contributed by atoms with Gasteiger partial charge in [0.05, 0.1) is 19.2 Å². The van der Waals surface area contributed by atoms with Crippen molar-refractivity contribution in [1.82, 2.24) is 4.98 Å². The maximum absolute atomic E-state index is 13.0. The Hall–Kier alpha value is -3.68. The monoisotopic (exact) mass is 398 g/mol. The molecule has 150 valence electrons. The molecule has 0 spiro atoms. The van der Waals surface area contributed by atoms with Crippen LogP contribution in [0.25, 0.3) is 11.3 Å². The molecule has 0 fully saturated rings. The van der Waals surface area contributed by atoms with Crippen LogP contribution in [0.1, 0.15) is 19.2 Å². The molecule has 1 heterocycles. The number of anilines is 1. The van der Waals surface area contributed by atoms with Gasteiger partial charge in [-0.05, 0) is 43.3 Å². The van der Waals surface area contributed by atoms with Crippen molar-refractivity contribution < 1.29 is 27.9 Å². The van der Waals surface area contributed by atoms with Crippen molar-refractivity contribution in [3.63, 3.8) is 0 Å². The number of hydrogen-bond donors (Lipinski definition) is 1. The number of oxazole rings is 1. The van der Waals surface area contributed by atoms with Crippen molar-refractivity contribution in [3.8, 4) is 17.1 Å². The molecule has 2 aromatic carbocycles. The first kappa shape index (κ1) is 20.1. The Bertz CT molecular complexity index is 985. The molecule has 3 aromatic rings. The molecule has 7 nitrogen and oxygen atoms in total. The van der Waals surface area contributed by atoms with Gasteiger partial charge in [-0.3, -0.25) is 10.1 Å². The topological polar surface area (TPSA) is 90.7 Å². The SMILES string of the molecule is CCOC(=O)Nc1cccc(OC(=O)CCc2ncc(-c3ccc(F)cc3)o2)c1. The molecule has 0 unspecified atom stereocenters. The lowest BCUT2D eigenvalue weighted by Gasteiger charge is -2.07. The molecule has 1 amide bonds. The Morgan fingerprint density at radius 3 is 2.72 bits per heavy atom. The maximum atomic E-state index is 13.0. The molecule has 0 radical (unpaired) electrons. The van der Waals surface area contributed by atoms with Gasteiger partial charge in [-0.15, -0.1) is 0 Å². The third-order valence-electron chi connectivity index (χ3n) is 3.81. The molecule has 0 saturated heterocycles. The molecular formula is C21H19FN2O5. The van der Waals surface area contributed by atoms with E-state index >= 15 is 0 Å². The van der Waals surface area contributed by atoms with Gasteiger partial charge >= 0.3 is 12.1 Å². The van der Waals surface area contributed by atoms with Crippen LogP contribution in [0.3, 0.4) is 0 Å². The minimum atomic E-state index is -0.586. The minimum absolute atomic E-state index is 0.0545. The smallest absolute Gasteiger partial charge is 0.411 e. The Balaban J connectivity index is 1.53. The van der Waals surface area contributed by atoms with E-state index in [2.05, 4.69) is 10.3 Å². The van der Waals surface area contributed by atoms with Gasteiger partial charge in [0.2, 0.25) is 0 Å². The van der Waals surface area contributed by atoms with Crippen LogP contribution >= 0.6 is 0 Å². The van der Waals surface area contributed by atoms with E-state index in [1.165, 1.54) is 24.4 Å². The highest BCUT2D eigenvalue weighted by Gasteiger charge is 2.11. The lowest BCUT2D eigenvalue weighted by atomic mass is 10.2. The largest absolute Gasteiger partial charge is 0.450 e. The van der Waals surface area contributed by atoms with Crippen molar-refractivity contribution >= 4 is 17.7 Å². The number of ether oxygens (including phenoxy) is 2. The second kappa shape index (κ2) is 9.50. The Kier molecular flexibility index (Phi) is 6.57. The zero-order chi connectivity index (χ0) is 20.6. The van der Waals surface area contributed by atoms with Crippen molar-refractivity contribution in [2.45, 2.75) is 19.8 Å². The summed E-state index contributed by atoms with van der Waals surface area (Å²) in [6.07, 6.45) is 1.25. The average Bonchev–Trinajstić information content (AvgIpc) is 3.16. The lowest BCUT2D eigenvalue weighted by molar-refractivity contribution is -0.134. The standard InChI is InChI=1S/C21H19FN2O5/c1-2-27-21(26)24-16-4-3-5-17(12-16)28-20(25)11-10-19-23-13-18(29-19)14-6-8-15(22)9-7-14/h3-9,12-13H,2,10-11H2,1H3,(H,24,26). The summed E-state index contributed by atoms with van der Waals surface area (Å²) in [5, 5.41) is 2.54. The van der Waals surface area contributed by atoms with Gasteiger partial charge in [-0.25, -0.2) is 14.2 Å². The normalized spacial score (nSPS) is 10.4. The van der Waals surface area contributed by atoms with Crippen LogP contribution in [0.4, 0.5) is 14.9 Å². The first-order chi connectivity index (χ1) is 14.0. The van der Waals surface area contributed by atoms with Crippen molar-refractivity contribution in [2.75, 3.05) is 11.9 Å². The van der Waals surface area contributed by atoms with Crippen LogP contribution in [-0.2, 0) is 16.0 Å². The summed E-state index contributed by atoms with van der Waals surface area (Å²) < 4.78 is 28.7. The van der Waals surface area contributed by atoms with Gasteiger partial charge in [0.15, 0.2) is 11.7 Å². The molecule has 1 N–H and O–H groups in total. The van der Waals surface area contributed by atoms with E-state index in [1.54, 1.807) is 37.3 Å². The summed E-state index contributed by atoms with van der Waals surface area (Å²) in [7, 11) is 0. The molecule has 29 heavy (non-hydrogen) atoms. The molecule has 3 rings (SSSR count). The average molecular weight is 398 g/mol. The van der Waals surface area contributed by atoms with Crippen LogP contribution < -0.4 is 10.1 Å². The van der Waals surface area contributed by atoms with Gasteiger partial charge in [0.1, 0.15) is 11.6 Å². The van der Waals surface area contributed by atoms with E-state index in [9.17, 15) is 14.0 Å². The second-order valence-electron chi connectivity index (χ2n) is 5.97. The number of esters is 1. The van der Waals surface area contributed by atoms with E-state index in [0.717, 1.165) is 0 Å². The quantitative estimate of drug-likeness (QED) is 0.462. The van der Waals surface area contributed by atoms with Gasteiger partial charge in [0, 0.05) is 23.7 Å². The third kappa shape index (κ3) is 5.90. The predicted molar refractivity (Wildman–Crippen MR) is 103 cm³/mol. The number of nitrogens with zero attached hydrogens (tertiary/aromatic N) is 1. The van der Waals surface area contributed by atoms with Gasteiger partial charge in [0.25, 0.3) is 0 Å². The van der Waals surface area contributed by atoms with Crippen molar-refractivity contribution in [3.05, 3.63) is 66.4 Å². The number of hydrogen-bond acceptors (Lipinski definition) is 6. The molecule has 0 aliphatic carbocycles. The van der Waals surface area contributed by atoms with Gasteiger partial charge < -0.3 is 13.9 Å². The lowest BCUT2D eigenvalue weighted by Crippen LogP contribution is -2.13. The third-order valence-corrected chi connectivity index (χ3v) is 3.81. The number of aromatic nitrogens is 1. The van der Waals surface area contributed by atoms with E-state index in [1.807, 2.05) is 0 Å². The number of nitrogens with one attached hydrogen (secondary N) is 1. The molecule has 1 aromatic heterocycles. The van der Waals surface area contributed by atoms with Crippen LogP contribution in [0, 0.1) is 5.82 Å². The number of carbonyl (C=O) groups is 2. The van der Waals surface area contributed by atoms with Crippen LogP contribution in [0.2, 0.25) is 0 Å². The summed E-state index contributed by atoms with van der Waals surface area (Å²) in [6, 6.07) is 12.3. The number of carbonyl (C=O) groups excluding carboxylic acids is 2. The molecule has 0 aliphatic heterocycles. The molecule has 0 aliphatic rings. The number of aryl methyl sites for hydroxylation is 1. The fourth-order valence-corrected chi connectivity index (χ4v) is 2.49. The number of benzene rings is 2. The Morgan fingerprint density at radius 2 is 1.97 bits per heavy atom. The second-order valence-corrected chi connectivity index (χ2v) is 5.97. The Labute approximate surface area is 166 Å². The fraction of sp³-hybridized carbons (Fsp3) is 0.190. The van der Waals surface area contributed by atoms with Crippen LogP contribution in [-0.4, -0.2) is 23.7 Å². The predicted octanol–water partition coefficient (Wildman–Crippen LogP) is 4.59. The molecule has 0 bridgehead atoms. The number of rotatable bonds is 7. The highest BCUT2D eigenvalue weighted by atomic mass is 19.1. The number of amides is 1. The summed E-state index contributed by atoms with van der Waals surface area (Å²) in [6.45, 7) is 1.96. The minimum Gasteiger partial charge on any atom is -0.450 e. The Morgan fingerprint density at radius 1 is 1.17 bits per heavy atom. The zero-order valence-corrected chi connectivity index (χ0v) is 15.7. The first-order valence-corrected chi connectivity index (χ1v) is 8.98. The van der Waals surface area contributed by atoms with Crippen molar-refractivity contribution in [1.29, 1.82) is 0 Å². The van der Waals surface area contributed by atoms with E-state index < -0.39 is 12.1 Å². The summed E-state index contributed by atoms with van der Waals surface area (Å²) in [5.41, 5.74) is 1.14. The highest BCUT2D eigenvalue weighted by molar-refractivity contribution is 5.85. The van der Waals surface area contributed by atoms with E-state index in [0.29, 0.717) is 28.7 Å². The van der Waals surface area contributed by atoms with Gasteiger partial charge in [-0.2, -0.15) is 0 Å². The molecule has 8 heteroatoms. The van der Waals surface area contributed by atoms with Crippen molar-refractivity contribution in [2.24, 2.45) is 0 Å². The fourth-order valence-electron chi connectivity index (χ4n) is 2.49. The molecule has 0 saturated carbocycles. The molecule has 0 atom stereocenters. The van der Waals surface area contributed by atoms with E-state index in [-0.39, 0.29) is 25.3 Å². The summed E-state index contributed by atoms with van der Waals surface area (Å²) >= 11 is 0. The van der Waals surface area contributed by atoms with Gasteiger partial charge in [-0.1, -0.05) is 6.07 Å². The highest BCUT2D eigenvalue weighted by Crippen LogP contribution is 2.22. The van der Waals surface area contributed by atoms with Crippen LogP contribution in [0.5, 0.6) is 5.75 Å². The van der Waals surface area contributed by atoms with E-state index in [4.69, 9.17) is 13.9 Å². The number of halogens is 1. The zero-order valence-electron chi connectivity index (χ0n) is 15.7. The summed E-state index contributed by atoms with van der Waals surface area (Å²) in [5.74, 6) is 0.353. The first-order valence-electron chi connectivity index (χ1n) is 8.98. The van der Waals surface area contributed by atoms with Crippen LogP contribution in [0.15, 0.2) is 59.1 Å².